The molecule has 164 valence electrons. The Morgan fingerprint density at radius 2 is 1.87 bits per heavy atom. The number of carbonyl (C=O) groups is 1. The van der Waals surface area contributed by atoms with E-state index in [2.05, 4.69) is 11.9 Å². The number of benzene rings is 2. The van der Waals surface area contributed by atoms with Crippen LogP contribution in [0.25, 0.3) is 0 Å². The van der Waals surface area contributed by atoms with Gasteiger partial charge < -0.3 is 5.32 Å². The van der Waals surface area contributed by atoms with Crippen molar-refractivity contribution in [2.75, 3.05) is 29.9 Å². The third-order valence-corrected chi connectivity index (χ3v) is 8.00. The number of anilines is 1. The molecule has 8 nitrogen and oxygen atoms in total. The minimum atomic E-state index is -3.69. The van der Waals surface area contributed by atoms with Crippen LogP contribution in [0, 0.1) is 10.1 Å². The highest BCUT2D eigenvalue weighted by molar-refractivity contribution is 7.99. The molecule has 2 aromatic rings. The molecule has 1 unspecified atom stereocenters. The highest BCUT2D eigenvalue weighted by Crippen LogP contribution is 2.26. The van der Waals surface area contributed by atoms with Gasteiger partial charge in [-0.2, -0.15) is 11.8 Å². The van der Waals surface area contributed by atoms with Crippen LogP contribution in [0.5, 0.6) is 0 Å². The number of amides is 1. The molecule has 1 saturated heterocycles. The second-order valence-corrected chi connectivity index (χ2v) is 10.4. The lowest BCUT2D eigenvalue weighted by Crippen LogP contribution is -2.44. The van der Waals surface area contributed by atoms with Crippen LogP contribution < -0.4 is 5.32 Å². The van der Waals surface area contributed by atoms with Gasteiger partial charge in [-0.25, -0.2) is 8.42 Å². The first kappa shape index (κ1) is 23.3. The minimum Gasteiger partial charge on any atom is -0.322 e. The summed E-state index contributed by atoms with van der Waals surface area (Å²) in [6.07, 6.45) is 1.43. The summed E-state index contributed by atoms with van der Waals surface area (Å²) in [6.45, 7) is 5.02. The molecule has 1 amide bonds. The average Bonchev–Trinajstić information content (AvgIpc) is 2.75. The largest absolute Gasteiger partial charge is 0.322 e. The number of sulfone groups is 1. The molecule has 2 aromatic carbocycles. The summed E-state index contributed by atoms with van der Waals surface area (Å²) in [4.78, 5) is 25.0. The van der Waals surface area contributed by atoms with Crippen molar-refractivity contribution in [2.24, 2.45) is 0 Å². The fraction of sp³-hybridized carbons (Fsp3) is 0.250. The van der Waals surface area contributed by atoms with E-state index in [1.54, 1.807) is 11.8 Å². The van der Waals surface area contributed by atoms with E-state index in [9.17, 15) is 23.3 Å². The van der Waals surface area contributed by atoms with E-state index >= 15 is 0 Å². The minimum absolute atomic E-state index is 0.0994. The molecule has 3 rings (SSSR count). The van der Waals surface area contributed by atoms with Gasteiger partial charge in [0.25, 0.3) is 11.6 Å². The molecule has 0 spiro atoms. The number of carbonyl (C=O) groups excluding carboxylic acids is 1. The summed E-state index contributed by atoms with van der Waals surface area (Å²) < 4.78 is 26.2. The van der Waals surface area contributed by atoms with E-state index in [0.29, 0.717) is 18.8 Å². The van der Waals surface area contributed by atoms with Gasteiger partial charge in [0, 0.05) is 41.4 Å². The van der Waals surface area contributed by atoms with Crippen LogP contribution in [-0.2, 0) is 9.84 Å². The van der Waals surface area contributed by atoms with Crippen LogP contribution in [0.4, 0.5) is 11.4 Å². The summed E-state index contributed by atoms with van der Waals surface area (Å²) in [5, 5.41) is 13.1. The smallest absolute Gasteiger partial charge is 0.282 e. The Labute approximate surface area is 189 Å². The first-order chi connectivity index (χ1) is 14.7. The Kier molecular flexibility index (Phi) is 7.37. The normalized spacial score (nSPS) is 15.8. The van der Waals surface area contributed by atoms with Gasteiger partial charge in [-0.05, 0) is 36.4 Å². The molecule has 1 N–H and O–H groups in total. The zero-order chi connectivity index (χ0) is 22.6. The van der Waals surface area contributed by atoms with Crippen molar-refractivity contribution in [1.29, 1.82) is 0 Å². The maximum Gasteiger partial charge on any atom is 0.282 e. The van der Waals surface area contributed by atoms with Gasteiger partial charge in [0.05, 0.1) is 9.82 Å². The molecule has 1 atom stereocenters. The fourth-order valence-electron chi connectivity index (χ4n) is 3.22. The van der Waals surface area contributed by atoms with Gasteiger partial charge in [-0.1, -0.05) is 17.7 Å². The zero-order valence-corrected chi connectivity index (χ0v) is 18.8. The fourth-order valence-corrected chi connectivity index (χ4v) is 5.97. The molecule has 1 aliphatic rings. The Hall–Kier alpha value is -2.40. The Balaban J connectivity index is 1.80. The lowest BCUT2D eigenvalue weighted by molar-refractivity contribution is -0.385. The lowest BCUT2D eigenvalue weighted by Gasteiger charge is -2.32. The Morgan fingerprint density at radius 1 is 1.23 bits per heavy atom. The number of nitrogens with zero attached hydrogens (tertiary/aromatic N) is 2. The van der Waals surface area contributed by atoms with Crippen LogP contribution >= 0.6 is 23.4 Å². The molecule has 1 fully saturated rings. The molecule has 0 aromatic heterocycles. The van der Waals surface area contributed by atoms with Gasteiger partial charge in [-0.15, -0.1) is 6.58 Å². The van der Waals surface area contributed by atoms with Gasteiger partial charge in [0.2, 0.25) is 0 Å². The number of rotatable bonds is 7. The maximum atomic E-state index is 13.1. The van der Waals surface area contributed by atoms with Crippen molar-refractivity contribution in [2.45, 2.75) is 10.3 Å². The highest BCUT2D eigenvalue weighted by Gasteiger charge is 2.31. The van der Waals surface area contributed by atoms with E-state index in [1.807, 2.05) is 4.90 Å². The van der Waals surface area contributed by atoms with Crippen molar-refractivity contribution >= 4 is 50.5 Å². The second-order valence-electron chi connectivity index (χ2n) is 6.72. The summed E-state index contributed by atoms with van der Waals surface area (Å²) >= 11 is 7.65. The van der Waals surface area contributed by atoms with Crippen molar-refractivity contribution < 1.29 is 18.1 Å². The van der Waals surface area contributed by atoms with Gasteiger partial charge in [0.1, 0.15) is 10.9 Å². The molecular weight excluding hydrogens is 462 g/mol. The molecule has 0 saturated carbocycles. The number of nitro groups is 1. The molecule has 11 heteroatoms. The highest BCUT2D eigenvalue weighted by atomic mass is 35.5. The van der Waals surface area contributed by atoms with Gasteiger partial charge in [-0.3, -0.25) is 19.8 Å². The monoisotopic (exact) mass is 481 g/mol. The number of halogens is 1. The van der Waals surface area contributed by atoms with Crippen molar-refractivity contribution in [1.82, 2.24) is 4.90 Å². The van der Waals surface area contributed by atoms with Gasteiger partial charge in [0.15, 0.2) is 9.84 Å². The SMILES string of the molecule is C=CC(N1CCSCC1)S(=O)(=O)c1ccc(NC(=O)c2cc(Cl)ccc2[N+](=O)[O-])cc1. The Bertz CT molecular complexity index is 1100. The number of thioether (sulfide) groups is 1. The number of nitrogens with one attached hydrogen (secondary N) is 1. The first-order valence-corrected chi connectivity index (χ1v) is 12.4. The predicted octanol–water partition coefficient (Wildman–Crippen LogP) is 3.84. The third kappa shape index (κ3) is 5.27. The summed E-state index contributed by atoms with van der Waals surface area (Å²) in [7, 11) is -3.69. The van der Waals surface area contributed by atoms with Crippen molar-refractivity contribution in [3.63, 3.8) is 0 Å². The zero-order valence-electron chi connectivity index (χ0n) is 16.4. The van der Waals surface area contributed by atoms with Crippen LogP contribution in [0.3, 0.4) is 0 Å². The number of hydrogen-bond acceptors (Lipinski definition) is 7. The summed E-state index contributed by atoms with van der Waals surface area (Å²) in [5.41, 5.74) is -0.277. The van der Waals surface area contributed by atoms with E-state index < -0.39 is 26.0 Å². The van der Waals surface area contributed by atoms with E-state index in [1.165, 1.54) is 42.5 Å². The number of hydrogen-bond donors (Lipinski definition) is 1. The third-order valence-electron chi connectivity index (χ3n) is 4.77. The second kappa shape index (κ2) is 9.82. The van der Waals surface area contributed by atoms with E-state index in [-0.39, 0.29) is 21.2 Å². The maximum absolute atomic E-state index is 13.1. The van der Waals surface area contributed by atoms with E-state index in [0.717, 1.165) is 17.6 Å². The summed E-state index contributed by atoms with van der Waals surface area (Å²) in [6, 6.07) is 9.36. The molecule has 0 radical (unpaired) electrons. The van der Waals surface area contributed by atoms with Crippen LogP contribution in [0.1, 0.15) is 10.4 Å². The van der Waals surface area contributed by atoms with Gasteiger partial charge >= 0.3 is 0 Å². The topological polar surface area (TPSA) is 110 Å². The number of nitro benzene ring substituents is 1. The van der Waals surface area contributed by atoms with Crippen molar-refractivity contribution in [3.05, 3.63) is 75.8 Å². The molecule has 1 aliphatic heterocycles. The summed E-state index contributed by atoms with van der Waals surface area (Å²) in [5.74, 6) is 1.00. The lowest BCUT2D eigenvalue weighted by atomic mass is 10.1. The van der Waals surface area contributed by atoms with Crippen molar-refractivity contribution in [3.8, 4) is 0 Å². The average molecular weight is 482 g/mol. The molecule has 0 bridgehead atoms. The van der Waals surface area contributed by atoms with Crippen LogP contribution in [0.15, 0.2) is 60.0 Å². The molecular formula is C20H20ClN3O5S2. The predicted molar refractivity (Wildman–Crippen MR) is 123 cm³/mol. The standard InChI is InChI=1S/C20H20ClN3O5S2/c1-2-19(23-9-11-30-12-10-23)31(28,29)16-6-4-15(5-7-16)22-20(25)17-13-14(21)3-8-18(17)24(26)27/h2-8,13,19H,1,9-12H2,(H,22,25). The molecule has 1 heterocycles. The Morgan fingerprint density at radius 3 is 2.45 bits per heavy atom. The quantitative estimate of drug-likeness (QED) is 0.363. The molecule has 0 aliphatic carbocycles. The molecule has 31 heavy (non-hydrogen) atoms. The van der Waals surface area contributed by atoms with E-state index in [4.69, 9.17) is 11.6 Å². The van der Waals surface area contributed by atoms with Crippen LogP contribution in [-0.4, -0.2) is 54.1 Å². The first-order valence-electron chi connectivity index (χ1n) is 9.27. The van der Waals surface area contributed by atoms with Crippen LogP contribution in [0.2, 0.25) is 5.02 Å².